The fourth-order valence-corrected chi connectivity index (χ4v) is 2.74. The second-order valence-electron chi connectivity index (χ2n) is 6.01. The first-order valence-electron chi connectivity index (χ1n) is 7.02. The van der Waals surface area contributed by atoms with E-state index in [1.54, 1.807) is 6.33 Å². The van der Waals surface area contributed by atoms with Crippen molar-refractivity contribution in [3.8, 4) is 0 Å². The van der Waals surface area contributed by atoms with Gasteiger partial charge in [0.25, 0.3) is 0 Å². The Morgan fingerprint density at radius 1 is 1.47 bits per heavy atom. The first-order chi connectivity index (χ1) is 9.03. The summed E-state index contributed by atoms with van der Waals surface area (Å²) in [5.74, 6) is -0.458. The molecule has 19 heavy (non-hydrogen) atoms. The summed E-state index contributed by atoms with van der Waals surface area (Å²) in [7, 11) is 0. The molecule has 1 atom stereocenters. The minimum absolute atomic E-state index is 0.257. The quantitative estimate of drug-likeness (QED) is 0.816. The molecule has 0 aliphatic heterocycles. The second-order valence-corrected chi connectivity index (χ2v) is 6.01. The molecule has 0 bridgehead atoms. The summed E-state index contributed by atoms with van der Waals surface area (Å²) < 4.78 is 1.98. The molecule has 5 nitrogen and oxygen atoms in total. The monoisotopic (exact) mass is 263 g/mol. The summed E-state index contributed by atoms with van der Waals surface area (Å²) in [6, 6.07) is 0.390. The van der Waals surface area contributed by atoms with E-state index in [0.29, 0.717) is 12.6 Å². The molecule has 1 aromatic rings. The number of hydrogen-bond acceptors (Lipinski definition) is 3. The van der Waals surface area contributed by atoms with Crippen LogP contribution in [0.5, 0.6) is 0 Å². The van der Waals surface area contributed by atoms with Gasteiger partial charge in [0.15, 0.2) is 0 Å². The van der Waals surface area contributed by atoms with Gasteiger partial charge in [0.05, 0.1) is 18.6 Å². The van der Waals surface area contributed by atoms with Gasteiger partial charge in [-0.1, -0.05) is 0 Å². The van der Waals surface area contributed by atoms with Crippen LogP contribution in [-0.2, 0) is 11.3 Å². The van der Waals surface area contributed by atoms with Gasteiger partial charge in [0, 0.05) is 11.7 Å². The van der Waals surface area contributed by atoms with Crippen LogP contribution in [0.1, 0.15) is 37.1 Å². The van der Waals surface area contributed by atoms with Crippen molar-refractivity contribution in [2.45, 2.75) is 57.7 Å². The average molecular weight is 263 g/mol. The first kappa shape index (κ1) is 12.7. The number of aliphatic carboxylic acids is 1. The molecule has 0 spiro atoms. The maximum Gasteiger partial charge on any atom is 0.326 e. The van der Waals surface area contributed by atoms with Crippen molar-refractivity contribution in [2.24, 2.45) is 5.92 Å². The van der Waals surface area contributed by atoms with Crippen molar-refractivity contribution in [3.63, 3.8) is 0 Å². The highest BCUT2D eigenvalue weighted by Gasteiger charge is 2.53. The Labute approximate surface area is 113 Å². The summed E-state index contributed by atoms with van der Waals surface area (Å²) >= 11 is 0. The Morgan fingerprint density at radius 2 is 2.16 bits per heavy atom. The minimum atomic E-state index is -0.806. The van der Waals surface area contributed by atoms with Crippen molar-refractivity contribution in [2.75, 3.05) is 0 Å². The van der Waals surface area contributed by atoms with Crippen LogP contribution in [0.4, 0.5) is 0 Å². The lowest BCUT2D eigenvalue weighted by Gasteiger charge is -2.32. The zero-order chi connectivity index (χ0) is 13.6. The van der Waals surface area contributed by atoms with Crippen LogP contribution in [0.3, 0.4) is 0 Å². The molecule has 2 N–H and O–H groups in total. The summed E-state index contributed by atoms with van der Waals surface area (Å²) in [5.41, 5.74) is 1.23. The molecule has 3 rings (SSSR count). The smallest absolute Gasteiger partial charge is 0.326 e. The van der Waals surface area contributed by atoms with Gasteiger partial charge in [-0.3, -0.25) is 10.1 Å². The third-order valence-electron chi connectivity index (χ3n) is 4.46. The standard InChI is InChI=1S/C14H21N3O2/c1-9-10(2)17(8-15-9)7-14(13(18)19,11-3-4-11)16-12-5-6-12/h8,11-12,16H,3-7H2,1-2H3,(H,18,19). The number of carboxylic acid groups (broad SMARTS) is 1. The lowest BCUT2D eigenvalue weighted by atomic mass is 9.92. The summed E-state index contributed by atoms with van der Waals surface area (Å²) in [4.78, 5) is 16.2. The maximum atomic E-state index is 11.9. The van der Waals surface area contributed by atoms with Gasteiger partial charge in [-0.25, -0.2) is 4.98 Å². The number of rotatable bonds is 6. The molecule has 1 heterocycles. The van der Waals surface area contributed by atoms with E-state index in [1.807, 2.05) is 18.4 Å². The van der Waals surface area contributed by atoms with Gasteiger partial charge in [-0.15, -0.1) is 0 Å². The van der Waals surface area contributed by atoms with Gasteiger partial charge < -0.3 is 9.67 Å². The molecule has 1 unspecified atom stereocenters. The molecule has 1 aromatic heterocycles. The third kappa shape index (κ3) is 2.27. The summed E-state index contributed by atoms with van der Waals surface area (Å²) in [6.07, 6.45) is 5.99. The lowest BCUT2D eigenvalue weighted by molar-refractivity contribution is -0.147. The molecule has 0 radical (unpaired) electrons. The van der Waals surface area contributed by atoms with Crippen LogP contribution >= 0.6 is 0 Å². The zero-order valence-corrected chi connectivity index (χ0v) is 11.5. The van der Waals surface area contributed by atoms with Crippen molar-refractivity contribution in [1.82, 2.24) is 14.9 Å². The number of nitrogens with one attached hydrogen (secondary N) is 1. The molecule has 2 saturated carbocycles. The van der Waals surface area contributed by atoms with E-state index < -0.39 is 11.5 Å². The second kappa shape index (κ2) is 4.34. The third-order valence-corrected chi connectivity index (χ3v) is 4.46. The molecular weight excluding hydrogens is 242 g/mol. The van der Waals surface area contributed by atoms with Crippen LogP contribution in [-0.4, -0.2) is 32.2 Å². The predicted molar refractivity (Wildman–Crippen MR) is 70.9 cm³/mol. The number of aryl methyl sites for hydroxylation is 1. The SMILES string of the molecule is Cc1ncn(CC(NC2CC2)(C(=O)O)C2CC2)c1C. The molecule has 104 valence electrons. The van der Waals surface area contributed by atoms with E-state index in [9.17, 15) is 9.90 Å². The van der Waals surface area contributed by atoms with Crippen LogP contribution in [0.25, 0.3) is 0 Å². The zero-order valence-electron chi connectivity index (χ0n) is 11.5. The highest BCUT2D eigenvalue weighted by molar-refractivity contribution is 5.80. The highest BCUT2D eigenvalue weighted by atomic mass is 16.4. The molecular formula is C14H21N3O2. The minimum Gasteiger partial charge on any atom is -0.480 e. The molecule has 0 amide bonds. The highest BCUT2D eigenvalue weighted by Crippen LogP contribution is 2.43. The fourth-order valence-electron chi connectivity index (χ4n) is 2.74. The normalized spacial score (nSPS) is 22.2. The maximum absolute atomic E-state index is 11.9. The number of carboxylic acids is 1. The van der Waals surface area contributed by atoms with E-state index in [4.69, 9.17) is 0 Å². The predicted octanol–water partition coefficient (Wildman–Crippen LogP) is 1.49. The molecule has 0 saturated heterocycles. The van der Waals surface area contributed by atoms with E-state index in [-0.39, 0.29) is 5.92 Å². The van der Waals surface area contributed by atoms with Gasteiger partial charge in [-0.05, 0) is 45.4 Å². The van der Waals surface area contributed by atoms with E-state index in [2.05, 4.69) is 10.3 Å². The Kier molecular flexibility index (Phi) is 2.89. The topological polar surface area (TPSA) is 67.2 Å². The number of hydrogen-bond donors (Lipinski definition) is 2. The summed E-state index contributed by atoms with van der Waals surface area (Å²) in [5, 5.41) is 13.2. The van der Waals surface area contributed by atoms with Crippen LogP contribution in [0.2, 0.25) is 0 Å². The Hall–Kier alpha value is -1.36. The van der Waals surface area contributed by atoms with Crippen molar-refractivity contribution in [1.29, 1.82) is 0 Å². The largest absolute Gasteiger partial charge is 0.480 e. The van der Waals surface area contributed by atoms with Crippen molar-refractivity contribution >= 4 is 5.97 Å². The van der Waals surface area contributed by atoms with Crippen molar-refractivity contribution < 1.29 is 9.90 Å². The lowest BCUT2D eigenvalue weighted by Crippen LogP contribution is -2.57. The Balaban J connectivity index is 1.89. The average Bonchev–Trinajstić information content (AvgIpc) is 3.25. The van der Waals surface area contributed by atoms with Gasteiger partial charge in [0.2, 0.25) is 0 Å². The van der Waals surface area contributed by atoms with Gasteiger partial charge in [-0.2, -0.15) is 0 Å². The Bertz CT molecular complexity index is 503. The van der Waals surface area contributed by atoms with E-state index >= 15 is 0 Å². The van der Waals surface area contributed by atoms with Crippen LogP contribution < -0.4 is 5.32 Å². The molecule has 0 aromatic carbocycles. The summed E-state index contributed by atoms with van der Waals surface area (Å²) in [6.45, 7) is 4.44. The van der Waals surface area contributed by atoms with E-state index in [0.717, 1.165) is 37.1 Å². The number of imidazole rings is 1. The number of nitrogens with zero attached hydrogens (tertiary/aromatic N) is 2. The Morgan fingerprint density at radius 3 is 2.58 bits per heavy atom. The van der Waals surface area contributed by atoms with Crippen LogP contribution in [0, 0.1) is 19.8 Å². The van der Waals surface area contributed by atoms with Crippen molar-refractivity contribution in [3.05, 3.63) is 17.7 Å². The first-order valence-corrected chi connectivity index (χ1v) is 7.02. The molecule has 2 aliphatic rings. The molecule has 2 aliphatic carbocycles. The number of aromatic nitrogens is 2. The van der Waals surface area contributed by atoms with Crippen LogP contribution in [0.15, 0.2) is 6.33 Å². The van der Waals surface area contributed by atoms with Gasteiger partial charge >= 0.3 is 5.97 Å². The fraction of sp³-hybridized carbons (Fsp3) is 0.714. The molecule has 2 fully saturated rings. The number of carbonyl (C=O) groups is 1. The van der Waals surface area contributed by atoms with Gasteiger partial charge in [0.1, 0.15) is 5.54 Å². The molecule has 5 heteroatoms. The van der Waals surface area contributed by atoms with E-state index in [1.165, 1.54) is 0 Å².